The van der Waals surface area contributed by atoms with Gasteiger partial charge in [0.05, 0.1) is 19.4 Å². The van der Waals surface area contributed by atoms with E-state index >= 15 is 0 Å². The summed E-state index contributed by atoms with van der Waals surface area (Å²) in [6, 6.07) is 16.3. The first-order valence-corrected chi connectivity index (χ1v) is 10.2. The summed E-state index contributed by atoms with van der Waals surface area (Å²) in [5.74, 6) is -0.373. The van der Waals surface area contributed by atoms with E-state index in [-0.39, 0.29) is 25.2 Å². The van der Waals surface area contributed by atoms with Gasteiger partial charge in [0.25, 0.3) is 0 Å². The molecule has 0 fully saturated rings. The van der Waals surface area contributed by atoms with Crippen LogP contribution in [0.1, 0.15) is 17.4 Å². The van der Waals surface area contributed by atoms with Crippen molar-refractivity contribution in [3.8, 4) is 0 Å². The molecular weight excluding hydrogens is 346 g/mol. The van der Waals surface area contributed by atoms with Gasteiger partial charge in [-0.1, -0.05) is 36.4 Å². The van der Waals surface area contributed by atoms with E-state index < -0.39 is 7.60 Å². The fourth-order valence-electron chi connectivity index (χ4n) is 2.41. The van der Waals surface area contributed by atoms with Gasteiger partial charge in [0.1, 0.15) is 5.82 Å². The van der Waals surface area contributed by atoms with Crippen LogP contribution >= 0.6 is 18.9 Å². The minimum atomic E-state index is -3.34. The Morgan fingerprint density at radius 3 is 2.58 bits per heavy atom. The van der Waals surface area contributed by atoms with Gasteiger partial charge in [-0.05, 0) is 30.5 Å². The lowest BCUT2D eigenvalue weighted by molar-refractivity contribution is 0.202. The lowest BCUT2D eigenvalue weighted by Gasteiger charge is -2.17. The molecule has 0 aliphatic carbocycles. The lowest BCUT2D eigenvalue weighted by Crippen LogP contribution is -2.00. The summed E-state index contributed by atoms with van der Waals surface area (Å²) in [5.41, 5.74) is 0.369. The molecule has 1 heterocycles. The van der Waals surface area contributed by atoms with Crippen molar-refractivity contribution in [1.82, 2.24) is 0 Å². The quantitative estimate of drug-likeness (QED) is 0.483. The second kappa shape index (κ2) is 7.58. The van der Waals surface area contributed by atoms with E-state index in [1.165, 1.54) is 6.07 Å². The van der Waals surface area contributed by atoms with Crippen molar-refractivity contribution in [3.05, 3.63) is 70.9 Å². The smallest absolute Gasteiger partial charge is 0.309 e. The van der Waals surface area contributed by atoms with Gasteiger partial charge in [-0.3, -0.25) is 4.57 Å². The molecule has 0 aliphatic heterocycles. The number of fused-ring (bicyclic) bond motifs is 1. The monoisotopic (exact) mass is 364 g/mol. The standard InChI is InChI=1S/C18H18FO3PS/c1-2-21-23(20,22-12-15-8-3-5-9-17(15)19)13-16-11-14-7-4-6-10-18(14)24-16/h3-11H,2,12-13H2,1H3. The van der Waals surface area contributed by atoms with E-state index in [1.807, 2.05) is 30.3 Å². The Hall–Kier alpha value is -1.52. The van der Waals surface area contributed by atoms with Crippen molar-refractivity contribution in [2.75, 3.05) is 6.61 Å². The van der Waals surface area contributed by atoms with Crippen molar-refractivity contribution in [2.24, 2.45) is 0 Å². The van der Waals surface area contributed by atoms with E-state index in [0.29, 0.717) is 5.56 Å². The zero-order valence-electron chi connectivity index (χ0n) is 13.3. The van der Waals surface area contributed by atoms with Gasteiger partial charge in [-0.2, -0.15) is 0 Å². The topological polar surface area (TPSA) is 35.5 Å². The van der Waals surface area contributed by atoms with E-state index in [2.05, 4.69) is 0 Å². The van der Waals surface area contributed by atoms with E-state index in [1.54, 1.807) is 36.5 Å². The lowest BCUT2D eigenvalue weighted by atomic mass is 10.2. The molecule has 0 bridgehead atoms. The van der Waals surface area contributed by atoms with Crippen LogP contribution in [0.4, 0.5) is 4.39 Å². The second-order valence-corrected chi connectivity index (χ2v) is 8.52. The Balaban J connectivity index is 1.77. The second-order valence-electron chi connectivity index (χ2n) is 5.30. The predicted molar refractivity (Wildman–Crippen MR) is 96.0 cm³/mol. The molecule has 1 aromatic heterocycles. The number of benzene rings is 2. The molecule has 1 atom stereocenters. The third-order valence-corrected chi connectivity index (χ3v) is 6.76. The van der Waals surface area contributed by atoms with Crippen molar-refractivity contribution in [2.45, 2.75) is 19.7 Å². The Labute approximate surface area is 144 Å². The zero-order chi connectivity index (χ0) is 17.0. The SMILES string of the molecule is CCOP(=O)(Cc1cc2ccccc2s1)OCc1ccccc1F. The molecule has 0 saturated carbocycles. The summed E-state index contributed by atoms with van der Waals surface area (Å²) >= 11 is 1.57. The van der Waals surface area contributed by atoms with Crippen LogP contribution in [-0.2, 0) is 26.4 Å². The first-order chi connectivity index (χ1) is 11.6. The maximum absolute atomic E-state index is 13.7. The third kappa shape index (κ3) is 4.11. The highest BCUT2D eigenvalue weighted by Gasteiger charge is 2.26. The number of hydrogen-bond acceptors (Lipinski definition) is 4. The zero-order valence-corrected chi connectivity index (χ0v) is 15.0. The van der Waals surface area contributed by atoms with Crippen LogP contribution in [0, 0.1) is 5.82 Å². The normalized spacial score (nSPS) is 13.9. The van der Waals surface area contributed by atoms with E-state index in [0.717, 1.165) is 15.0 Å². The molecule has 3 rings (SSSR count). The van der Waals surface area contributed by atoms with Gasteiger partial charge in [0, 0.05) is 15.1 Å². The number of rotatable bonds is 7. The van der Waals surface area contributed by atoms with Crippen LogP contribution < -0.4 is 0 Å². The summed E-state index contributed by atoms with van der Waals surface area (Å²) < 4.78 is 38.8. The van der Waals surface area contributed by atoms with Gasteiger partial charge in [0.15, 0.2) is 0 Å². The summed E-state index contributed by atoms with van der Waals surface area (Å²) in [7, 11) is -3.34. The molecule has 3 aromatic rings. The molecule has 1 unspecified atom stereocenters. The molecule has 0 saturated heterocycles. The van der Waals surface area contributed by atoms with Crippen molar-refractivity contribution in [1.29, 1.82) is 0 Å². The van der Waals surface area contributed by atoms with E-state index in [9.17, 15) is 8.96 Å². The number of hydrogen-bond donors (Lipinski definition) is 0. The largest absolute Gasteiger partial charge is 0.336 e. The maximum atomic E-state index is 13.7. The van der Waals surface area contributed by atoms with Crippen LogP contribution in [-0.4, -0.2) is 6.61 Å². The molecular formula is C18H18FO3PS. The molecule has 0 spiro atoms. The van der Waals surface area contributed by atoms with Gasteiger partial charge in [-0.15, -0.1) is 11.3 Å². The van der Waals surface area contributed by atoms with Crippen LogP contribution in [0.5, 0.6) is 0 Å². The maximum Gasteiger partial charge on any atom is 0.336 e. The molecule has 0 radical (unpaired) electrons. The van der Waals surface area contributed by atoms with Gasteiger partial charge >= 0.3 is 7.60 Å². The molecule has 6 heteroatoms. The summed E-state index contributed by atoms with van der Waals surface area (Å²) in [5, 5.41) is 1.11. The molecule has 3 nitrogen and oxygen atoms in total. The fourth-order valence-corrected chi connectivity index (χ4v) is 5.47. The van der Waals surface area contributed by atoms with Crippen LogP contribution in [0.25, 0.3) is 10.1 Å². The molecule has 0 aliphatic rings. The Morgan fingerprint density at radius 1 is 1.08 bits per heavy atom. The highest BCUT2D eigenvalue weighted by atomic mass is 32.1. The minimum Gasteiger partial charge on any atom is -0.309 e. The predicted octanol–water partition coefficient (Wildman–Crippen LogP) is 5.99. The van der Waals surface area contributed by atoms with Gasteiger partial charge < -0.3 is 9.05 Å². The Kier molecular flexibility index (Phi) is 5.47. The van der Waals surface area contributed by atoms with Gasteiger partial charge in [-0.25, -0.2) is 4.39 Å². The molecule has 24 heavy (non-hydrogen) atoms. The van der Waals surface area contributed by atoms with Crippen molar-refractivity contribution < 1.29 is 18.0 Å². The first kappa shape index (κ1) is 17.3. The first-order valence-electron chi connectivity index (χ1n) is 7.68. The van der Waals surface area contributed by atoms with Crippen LogP contribution in [0.15, 0.2) is 54.6 Å². The highest BCUT2D eigenvalue weighted by Crippen LogP contribution is 2.53. The third-order valence-electron chi connectivity index (χ3n) is 3.53. The van der Waals surface area contributed by atoms with Gasteiger partial charge in [0.2, 0.25) is 0 Å². The summed E-state index contributed by atoms with van der Waals surface area (Å²) in [6.45, 7) is 1.97. The molecule has 2 aromatic carbocycles. The highest BCUT2D eigenvalue weighted by molar-refractivity contribution is 7.53. The average molecular weight is 364 g/mol. The molecule has 0 N–H and O–H groups in total. The summed E-state index contributed by atoms with van der Waals surface area (Å²) in [6.07, 6.45) is 0.189. The molecule has 0 amide bonds. The fraction of sp³-hybridized carbons (Fsp3) is 0.222. The van der Waals surface area contributed by atoms with Crippen molar-refractivity contribution >= 4 is 29.0 Å². The Bertz CT molecular complexity index is 844. The average Bonchev–Trinajstić information content (AvgIpc) is 2.96. The Morgan fingerprint density at radius 2 is 1.83 bits per heavy atom. The molecule has 126 valence electrons. The van der Waals surface area contributed by atoms with Crippen LogP contribution in [0.3, 0.4) is 0 Å². The minimum absolute atomic E-state index is 0.0746. The van der Waals surface area contributed by atoms with Crippen LogP contribution in [0.2, 0.25) is 0 Å². The van der Waals surface area contributed by atoms with Crippen molar-refractivity contribution in [3.63, 3.8) is 0 Å². The number of thiophene rings is 1. The summed E-state index contributed by atoms with van der Waals surface area (Å²) in [4.78, 5) is 0.932. The number of halogens is 1. The van der Waals surface area contributed by atoms with E-state index in [4.69, 9.17) is 9.05 Å².